The quantitative estimate of drug-likeness (QED) is 0.604. The molecular weight excluding hydrogens is 246 g/mol. The van der Waals surface area contributed by atoms with Crippen LogP contribution in [0, 0.1) is 10.1 Å². The standard InChI is InChI=1S/C13H19N3O3/c1-14-10-7-12(16(17)18)9-13(8-10)19-6-5-15(2)11-3-4-11/h7-9,11,14H,3-6H2,1-2H3. The Morgan fingerprint density at radius 1 is 1.47 bits per heavy atom. The predicted molar refractivity (Wildman–Crippen MR) is 73.8 cm³/mol. The lowest BCUT2D eigenvalue weighted by molar-refractivity contribution is -0.384. The molecule has 1 fully saturated rings. The Kier molecular flexibility index (Phi) is 4.21. The van der Waals surface area contributed by atoms with Gasteiger partial charge in [-0.2, -0.15) is 0 Å². The molecule has 1 saturated carbocycles. The fourth-order valence-electron chi connectivity index (χ4n) is 1.92. The molecule has 0 amide bonds. The summed E-state index contributed by atoms with van der Waals surface area (Å²) in [6.07, 6.45) is 2.52. The van der Waals surface area contributed by atoms with Crippen LogP contribution in [-0.2, 0) is 0 Å². The fraction of sp³-hybridized carbons (Fsp3) is 0.538. The Labute approximate surface area is 112 Å². The lowest BCUT2D eigenvalue weighted by atomic mass is 10.2. The summed E-state index contributed by atoms with van der Waals surface area (Å²) < 4.78 is 5.60. The highest BCUT2D eigenvalue weighted by atomic mass is 16.6. The smallest absolute Gasteiger partial charge is 0.275 e. The predicted octanol–water partition coefficient (Wildman–Crippen LogP) is 2.11. The van der Waals surface area contributed by atoms with Crippen molar-refractivity contribution < 1.29 is 9.66 Å². The van der Waals surface area contributed by atoms with E-state index in [1.807, 2.05) is 0 Å². The lowest BCUT2D eigenvalue weighted by Crippen LogP contribution is -2.26. The molecule has 0 aromatic heterocycles. The molecule has 1 aromatic rings. The van der Waals surface area contributed by atoms with Crippen LogP contribution in [0.25, 0.3) is 0 Å². The van der Waals surface area contributed by atoms with Gasteiger partial charge in [-0.15, -0.1) is 0 Å². The van der Waals surface area contributed by atoms with Gasteiger partial charge in [0.15, 0.2) is 0 Å². The van der Waals surface area contributed by atoms with Crippen molar-refractivity contribution in [2.75, 3.05) is 32.6 Å². The number of nitro groups is 1. The summed E-state index contributed by atoms with van der Waals surface area (Å²) in [7, 11) is 3.80. The molecule has 0 aliphatic heterocycles. The molecule has 0 heterocycles. The Bertz CT molecular complexity index is 460. The van der Waals surface area contributed by atoms with Gasteiger partial charge in [0.05, 0.1) is 11.0 Å². The van der Waals surface area contributed by atoms with Crippen LogP contribution in [0.4, 0.5) is 11.4 Å². The van der Waals surface area contributed by atoms with Gasteiger partial charge in [-0.25, -0.2) is 0 Å². The first kappa shape index (κ1) is 13.6. The molecule has 0 atom stereocenters. The average molecular weight is 265 g/mol. The van der Waals surface area contributed by atoms with E-state index < -0.39 is 4.92 Å². The van der Waals surface area contributed by atoms with E-state index in [0.717, 1.165) is 6.54 Å². The summed E-state index contributed by atoms with van der Waals surface area (Å²) in [5.74, 6) is 0.530. The molecule has 2 rings (SSSR count). The van der Waals surface area contributed by atoms with Gasteiger partial charge >= 0.3 is 0 Å². The minimum absolute atomic E-state index is 0.0393. The Balaban J connectivity index is 1.94. The molecule has 6 heteroatoms. The van der Waals surface area contributed by atoms with E-state index in [4.69, 9.17) is 4.74 Å². The maximum atomic E-state index is 10.8. The molecule has 0 bridgehead atoms. The zero-order valence-corrected chi connectivity index (χ0v) is 11.3. The largest absolute Gasteiger partial charge is 0.492 e. The van der Waals surface area contributed by atoms with Crippen LogP contribution < -0.4 is 10.1 Å². The minimum Gasteiger partial charge on any atom is -0.492 e. The highest BCUT2D eigenvalue weighted by Gasteiger charge is 2.25. The fourth-order valence-corrected chi connectivity index (χ4v) is 1.92. The highest BCUT2D eigenvalue weighted by molar-refractivity contribution is 5.56. The van der Waals surface area contributed by atoms with Crippen molar-refractivity contribution >= 4 is 11.4 Å². The first-order valence-corrected chi connectivity index (χ1v) is 6.40. The normalized spacial score (nSPS) is 14.5. The van der Waals surface area contributed by atoms with Gasteiger partial charge in [0.1, 0.15) is 12.4 Å². The molecule has 1 aromatic carbocycles. The minimum atomic E-state index is -0.413. The maximum Gasteiger partial charge on any atom is 0.275 e. The zero-order valence-electron chi connectivity index (χ0n) is 11.3. The second kappa shape index (κ2) is 5.88. The third-order valence-electron chi connectivity index (χ3n) is 3.27. The van der Waals surface area contributed by atoms with E-state index in [1.165, 1.54) is 25.0 Å². The lowest BCUT2D eigenvalue weighted by Gasteiger charge is -2.16. The molecule has 0 saturated heterocycles. The number of benzene rings is 1. The molecule has 1 N–H and O–H groups in total. The van der Waals surface area contributed by atoms with Gasteiger partial charge in [-0.3, -0.25) is 10.1 Å². The van der Waals surface area contributed by atoms with Crippen LogP contribution in [0.2, 0.25) is 0 Å². The maximum absolute atomic E-state index is 10.8. The molecular formula is C13H19N3O3. The van der Waals surface area contributed by atoms with Crippen molar-refractivity contribution in [2.24, 2.45) is 0 Å². The average Bonchev–Trinajstić information content (AvgIpc) is 3.22. The van der Waals surface area contributed by atoms with E-state index >= 15 is 0 Å². The number of hydrogen-bond donors (Lipinski definition) is 1. The molecule has 0 spiro atoms. The number of nitro benzene ring substituents is 1. The first-order valence-electron chi connectivity index (χ1n) is 6.40. The monoisotopic (exact) mass is 265 g/mol. The van der Waals surface area contributed by atoms with Crippen LogP contribution in [-0.4, -0.2) is 43.1 Å². The van der Waals surface area contributed by atoms with Crippen molar-refractivity contribution in [2.45, 2.75) is 18.9 Å². The number of ether oxygens (including phenoxy) is 1. The summed E-state index contributed by atoms with van der Waals surface area (Å²) in [6, 6.07) is 5.41. The molecule has 104 valence electrons. The van der Waals surface area contributed by atoms with E-state index in [2.05, 4.69) is 17.3 Å². The van der Waals surface area contributed by atoms with Crippen molar-refractivity contribution in [3.63, 3.8) is 0 Å². The van der Waals surface area contributed by atoms with Crippen LogP contribution in [0.5, 0.6) is 5.75 Å². The number of rotatable bonds is 7. The van der Waals surface area contributed by atoms with Crippen molar-refractivity contribution in [3.05, 3.63) is 28.3 Å². The Morgan fingerprint density at radius 3 is 2.79 bits per heavy atom. The second-order valence-corrected chi connectivity index (χ2v) is 4.78. The van der Waals surface area contributed by atoms with E-state index in [-0.39, 0.29) is 5.69 Å². The van der Waals surface area contributed by atoms with Crippen molar-refractivity contribution in [1.82, 2.24) is 4.90 Å². The van der Waals surface area contributed by atoms with Gasteiger partial charge in [-0.05, 0) is 19.9 Å². The number of nitrogens with one attached hydrogen (secondary N) is 1. The topological polar surface area (TPSA) is 67.6 Å². The number of likely N-dealkylation sites (N-methyl/N-ethyl adjacent to an activating group) is 1. The number of non-ortho nitro benzene ring substituents is 1. The molecule has 0 unspecified atom stereocenters. The molecule has 1 aliphatic carbocycles. The molecule has 6 nitrogen and oxygen atoms in total. The van der Waals surface area contributed by atoms with Crippen LogP contribution >= 0.6 is 0 Å². The van der Waals surface area contributed by atoms with Gasteiger partial charge in [-0.1, -0.05) is 0 Å². The van der Waals surface area contributed by atoms with Crippen LogP contribution in [0.15, 0.2) is 18.2 Å². The summed E-state index contributed by atoms with van der Waals surface area (Å²) >= 11 is 0. The van der Waals surface area contributed by atoms with Crippen molar-refractivity contribution in [1.29, 1.82) is 0 Å². The summed E-state index contributed by atoms with van der Waals surface area (Å²) in [5.41, 5.74) is 0.720. The number of hydrogen-bond acceptors (Lipinski definition) is 5. The highest BCUT2D eigenvalue weighted by Crippen LogP contribution is 2.27. The van der Waals surface area contributed by atoms with Gasteiger partial charge < -0.3 is 15.0 Å². The molecule has 19 heavy (non-hydrogen) atoms. The third kappa shape index (κ3) is 3.82. The Morgan fingerprint density at radius 2 is 2.21 bits per heavy atom. The van der Waals surface area contributed by atoms with Crippen LogP contribution in [0.3, 0.4) is 0 Å². The molecule has 1 aliphatic rings. The third-order valence-corrected chi connectivity index (χ3v) is 3.27. The summed E-state index contributed by atoms with van der Waals surface area (Å²) in [5, 5.41) is 13.7. The summed E-state index contributed by atoms with van der Waals surface area (Å²) in [6.45, 7) is 1.37. The number of nitrogens with zero attached hydrogens (tertiary/aromatic N) is 2. The Hall–Kier alpha value is -1.82. The van der Waals surface area contributed by atoms with Gasteiger partial charge in [0.25, 0.3) is 5.69 Å². The van der Waals surface area contributed by atoms with E-state index in [9.17, 15) is 10.1 Å². The van der Waals surface area contributed by atoms with Crippen LogP contribution in [0.1, 0.15) is 12.8 Å². The zero-order chi connectivity index (χ0) is 13.8. The van der Waals surface area contributed by atoms with Crippen molar-refractivity contribution in [3.8, 4) is 5.75 Å². The van der Waals surface area contributed by atoms with E-state index in [1.54, 1.807) is 13.1 Å². The van der Waals surface area contributed by atoms with Gasteiger partial charge in [0.2, 0.25) is 0 Å². The van der Waals surface area contributed by atoms with E-state index in [0.29, 0.717) is 24.1 Å². The molecule has 0 radical (unpaired) electrons. The van der Waals surface area contributed by atoms with Gasteiger partial charge in [0, 0.05) is 37.5 Å². The SMILES string of the molecule is CNc1cc(OCCN(C)C2CC2)cc([N+](=O)[O-])c1. The number of anilines is 1. The summed E-state index contributed by atoms with van der Waals surface area (Å²) in [4.78, 5) is 12.7. The first-order chi connectivity index (χ1) is 9.10. The second-order valence-electron chi connectivity index (χ2n) is 4.78.